The molecular formula is C70H47N3O. The molecule has 1 aliphatic rings. The Labute approximate surface area is 428 Å². The number of benzene rings is 11. The lowest BCUT2D eigenvalue weighted by Crippen LogP contribution is -2.10. The molecule has 348 valence electrons. The van der Waals surface area contributed by atoms with E-state index in [9.17, 15) is 0 Å². The van der Waals surface area contributed by atoms with Crippen molar-refractivity contribution in [2.75, 3.05) is 4.90 Å². The smallest absolute Gasteiger partial charge is 0.135 e. The normalized spacial score (nSPS) is 12.4. The molecule has 15 rings (SSSR count). The number of aromatic nitrogens is 2. The number of anilines is 3. The first-order valence-electron chi connectivity index (χ1n) is 25.6. The van der Waals surface area contributed by atoms with Gasteiger partial charge in [0.25, 0.3) is 0 Å². The molecule has 0 saturated carbocycles. The van der Waals surface area contributed by atoms with Gasteiger partial charge in [0.05, 0.1) is 27.9 Å². The summed E-state index contributed by atoms with van der Waals surface area (Å²) in [6, 6.07) is 90.9. The fourth-order valence-corrected chi connectivity index (χ4v) is 12.0. The summed E-state index contributed by atoms with van der Waals surface area (Å²) in [7, 11) is 0. The van der Waals surface area contributed by atoms with Crippen LogP contribution in [0.3, 0.4) is 0 Å². The summed E-state index contributed by atoms with van der Waals surface area (Å²) in [4.78, 5) is 2.38. The standard InChI is InChI=1S/C70H47N3O/c1-3-20-52(21-4-1)71(53-22-5-2-6-23-53)63-29-13-9-25-56(63)51-41-49(47-35-38-67-61(43-47)58-27-11-15-31-66(58)73(67)64-32-17-19-46-18-7-8-24-55(46)64)40-50(42-51)48-34-37-59-57-26-10-14-30-65(57)72(68(59)44-48)54-36-39-70-62(45-54)60-28-12-16-33-69(60)74-70/h1-14,16-30,32-45H,15,31H2. The van der Waals surface area contributed by atoms with Crippen LogP contribution in [0.4, 0.5) is 17.1 Å². The fraction of sp³-hybridized carbons (Fsp3) is 0.0286. The summed E-state index contributed by atoms with van der Waals surface area (Å²) in [6.07, 6.45) is 6.70. The first-order valence-corrected chi connectivity index (χ1v) is 25.6. The molecule has 0 fully saturated rings. The molecule has 0 aliphatic heterocycles. The van der Waals surface area contributed by atoms with Gasteiger partial charge in [0.1, 0.15) is 11.2 Å². The largest absolute Gasteiger partial charge is 0.456 e. The second kappa shape index (κ2) is 17.0. The first-order chi connectivity index (χ1) is 36.7. The number of hydrogen-bond donors (Lipinski definition) is 0. The van der Waals surface area contributed by atoms with Gasteiger partial charge in [-0.2, -0.15) is 0 Å². The Balaban J connectivity index is 0.962. The third-order valence-corrected chi connectivity index (χ3v) is 15.3. The van der Waals surface area contributed by atoms with Crippen LogP contribution in [-0.4, -0.2) is 9.13 Å². The number of fused-ring (bicyclic) bond motifs is 10. The van der Waals surface area contributed by atoms with Crippen molar-refractivity contribution in [2.24, 2.45) is 0 Å². The molecular weight excluding hydrogens is 899 g/mol. The highest BCUT2D eigenvalue weighted by Crippen LogP contribution is 2.45. The molecule has 0 saturated heterocycles. The van der Waals surface area contributed by atoms with E-state index in [1.807, 2.05) is 6.07 Å². The van der Waals surface area contributed by atoms with Crippen LogP contribution >= 0.6 is 0 Å². The van der Waals surface area contributed by atoms with E-state index in [2.05, 4.69) is 269 Å². The predicted octanol–water partition coefficient (Wildman–Crippen LogP) is 19.2. The lowest BCUT2D eigenvalue weighted by Gasteiger charge is -2.28. The maximum atomic E-state index is 6.32. The fourth-order valence-electron chi connectivity index (χ4n) is 12.0. The highest BCUT2D eigenvalue weighted by Gasteiger charge is 2.23. The Morgan fingerprint density at radius 3 is 1.85 bits per heavy atom. The molecule has 0 N–H and O–H groups in total. The minimum absolute atomic E-state index is 0.888. The molecule has 4 heteroatoms. The van der Waals surface area contributed by atoms with Crippen molar-refractivity contribution >= 4 is 88.6 Å². The Morgan fingerprint density at radius 2 is 1.01 bits per heavy atom. The SMILES string of the molecule is C1=Cc2c(n(-c3cccc4ccccc34)c3ccc(-c4cc(-c5ccc6c7ccccc7n(-c7ccc8oc9ccccc9c8c7)c6c5)cc(-c5ccccc5N(c5ccccc5)c5ccccc5)c4)cc23)CC1. The lowest BCUT2D eigenvalue weighted by molar-refractivity contribution is 0.669. The molecule has 0 amide bonds. The van der Waals surface area contributed by atoms with Crippen LogP contribution in [0.5, 0.6) is 0 Å². The monoisotopic (exact) mass is 945 g/mol. The van der Waals surface area contributed by atoms with Gasteiger partial charge in [0, 0.05) is 66.2 Å². The van der Waals surface area contributed by atoms with Gasteiger partial charge in [-0.1, -0.05) is 158 Å². The summed E-state index contributed by atoms with van der Waals surface area (Å²) in [5.41, 5.74) is 20.5. The zero-order valence-corrected chi connectivity index (χ0v) is 40.5. The third kappa shape index (κ3) is 6.76. The minimum Gasteiger partial charge on any atom is -0.456 e. The van der Waals surface area contributed by atoms with Crippen molar-refractivity contribution in [3.8, 4) is 44.8 Å². The predicted molar refractivity (Wildman–Crippen MR) is 311 cm³/mol. The second-order valence-electron chi connectivity index (χ2n) is 19.6. The third-order valence-electron chi connectivity index (χ3n) is 15.3. The van der Waals surface area contributed by atoms with Crippen LogP contribution in [0.2, 0.25) is 0 Å². The van der Waals surface area contributed by atoms with E-state index in [-0.39, 0.29) is 0 Å². The maximum absolute atomic E-state index is 6.32. The highest BCUT2D eigenvalue weighted by atomic mass is 16.3. The molecule has 0 unspecified atom stereocenters. The van der Waals surface area contributed by atoms with E-state index in [0.717, 1.165) is 90.9 Å². The molecule has 74 heavy (non-hydrogen) atoms. The van der Waals surface area contributed by atoms with Gasteiger partial charge in [-0.05, 0) is 149 Å². The van der Waals surface area contributed by atoms with Crippen molar-refractivity contribution in [3.63, 3.8) is 0 Å². The van der Waals surface area contributed by atoms with Crippen molar-refractivity contribution in [3.05, 3.63) is 266 Å². The Kier molecular flexibility index (Phi) is 9.67. The summed E-state index contributed by atoms with van der Waals surface area (Å²) < 4.78 is 11.3. The molecule has 4 nitrogen and oxygen atoms in total. The van der Waals surface area contributed by atoms with Gasteiger partial charge in [-0.3, -0.25) is 0 Å². The van der Waals surface area contributed by atoms with Gasteiger partial charge in [-0.25, -0.2) is 0 Å². The van der Waals surface area contributed by atoms with Gasteiger partial charge < -0.3 is 18.5 Å². The summed E-state index contributed by atoms with van der Waals surface area (Å²) in [5.74, 6) is 0. The zero-order valence-electron chi connectivity index (χ0n) is 40.5. The number of para-hydroxylation sites is 5. The number of rotatable bonds is 8. The zero-order chi connectivity index (χ0) is 48.7. The number of furan rings is 1. The highest BCUT2D eigenvalue weighted by molar-refractivity contribution is 6.12. The Morgan fingerprint density at radius 1 is 0.378 bits per heavy atom. The minimum atomic E-state index is 0.888. The van der Waals surface area contributed by atoms with Crippen LogP contribution in [0.25, 0.3) is 116 Å². The van der Waals surface area contributed by atoms with Crippen LogP contribution < -0.4 is 4.90 Å². The van der Waals surface area contributed by atoms with E-state index in [1.165, 1.54) is 60.5 Å². The van der Waals surface area contributed by atoms with Gasteiger partial charge in [-0.15, -0.1) is 0 Å². The van der Waals surface area contributed by atoms with E-state index in [4.69, 9.17) is 4.42 Å². The number of hydrogen-bond acceptors (Lipinski definition) is 2. The van der Waals surface area contributed by atoms with E-state index < -0.39 is 0 Å². The summed E-state index contributed by atoms with van der Waals surface area (Å²) in [5, 5.41) is 8.43. The second-order valence-corrected chi connectivity index (χ2v) is 19.6. The van der Waals surface area contributed by atoms with E-state index in [1.54, 1.807) is 0 Å². The van der Waals surface area contributed by atoms with E-state index >= 15 is 0 Å². The molecule has 3 aromatic heterocycles. The first kappa shape index (κ1) is 42.1. The average Bonchev–Trinajstić information content (AvgIpc) is 4.12. The Bertz CT molecular complexity index is 4510. The number of nitrogens with zero attached hydrogens (tertiary/aromatic N) is 3. The van der Waals surface area contributed by atoms with E-state index in [0.29, 0.717) is 0 Å². The molecule has 3 heterocycles. The Hall–Kier alpha value is -9.64. The maximum Gasteiger partial charge on any atom is 0.135 e. The molecule has 0 spiro atoms. The van der Waals surface area contributed by atoms with Crippen molar-refractivity contribution in [2.45, 2.75) is 12.8 Å². The van der Waals surface area contributed by atoms with Crippen molar-refractivity contribution < 1.29 is 4.42 Å². The molecule has 11 aromatic carbocycles. The molecule has 0 radical (unpaired) electrons. The van der Waals surface area contributed by atoms with Crippen molar-refractivity contribution in [1.29, 1.82) is 0 Å². The molecule has 14 aromatic rings. The summed E-state index contributed by atoms with van der Waals surface area (Å²) >= 11 is 0. The molecule has 0 atom stereocenters. The summed E-state index contributed by atoms with van der Waals surface area (Å²) in [6.45, 7) is 0. The van der Waals surface area contributed by atoms with Crippen LogP contribution in [0.1, 0.15) is 17.7 Å². The van der Waals surface area contributed by atoms with Crippen LogP contribution in [0, 0.1) is 0 Å². The number of allylic oxidation sites excluding steroid dienone is 1. The van der Waals surface area contributed by atoms with Gasteiger partial charge >= 0.3 is 0 Å². The van der Waals surface area contributed by atoms with Gasteiger partial charge in [0.2, 0.25) is 0 Å². The van der Waals surface area contributed by atoms with Crippen molar-refractivity contribution in [1.82, 2.24) is 9.13 Å². The molecule has 1 aliphatic carbocycles. The average molecular weight is 946 g/mol. The van der Waals surface area contributed by atoms with Gasteiger partial charge in [0.15, 0.2) is 0 Å². The quantitative estimate of drug-likeness (QED) is 0.152. The van der Waals surface area contributed by atoms with Crippen LogP contribution in [-0.2, 0) is 6.42 Å². The topological polar surface area (TPSA) is 26.2 Å². The van der Waals surface area contributed by atoms with Crippen LogP contribution in [0.15, 0.2) is 259 Å². The lowest BCUT2D eigenvalue weighted by atomic mass is 9.91. The molecule has 0 bridgehead atoms.